The van der Waals surface area contributed by atoms with Gasteiger partial charge in [-0.05, 0) is 32.9 Å². The van der Waals surface area contributed by atoms with Gasteiger partial charge in [0.05, 0.1) is 17.8 Å². The van der Waals surface area contributed by atoms with Crippen LogP contribution in [0.15, 0.2) is 28.9 Å². The first-order chi connectivity index (χ1) is 9.63. The number of amides is 1. The normalized spacial score (nSPS) is 13.7. The number of likely N-dealkylation sites (N-methyl/N-ethyl adjacent to an activating group) is 1. The topological polar surface area (TPSA) is 67.2 Å². The Hall–Kier alpha value is -1.88. The van der Waals surface area contributed by atoms with Gasteiger partial charge in [-0.15, -0.1) is 0 Å². The highest BCUT2D eigenvalue weighted by molar-refractivity contribution is 5.95. The van der Waals surface area contributed by atoms with Gasteiger partial charge < -0.3 is 9.84 Å². The monoisotopic (exact) mass is 277 g/mol. The Morgan fingerprint density at radius 2 is 2.30 bits per heavy atom. The van der Waals surface area contributed by atoms with Gasteiger partial charge in [-0.3, -0.25) is 10.1 Å². The third-order valence-corrected chi connectivity index (χ3v) is 3.01. The molecule has 5 heteroatoms. The van der Waals surface area contributed by atoms with Crippen molar-refractivity contribution in [3.8, 4) is 0 Å². The highest BCUT2D eigenvalue weighted by atomic mass is 16.5. The summed E-state index contributed by atoms with van der Waals surface area (Å²) in [6.07, 6.45) is 9.14. The van der Waals surface area contributed by atoms with Crippen LogP contribution in [0.25, 0.3) is 5.57 Å². The minimum absolute atomic E-state index is 0.105. The zero-order valence-electron chi connectivity index (χ0n) is 12.6. The second kappa shape index (κ2) is 8.32. The van der Waals surface area contributed by atoms with Gasteiger partial charge in [-0.1, -0.05) is 36.7 Å². The third-order valence-electron chi connectivity index (χ3n) is 3.01. The van der Waals surface area contributed by atoms with Gasteiger partial charge in [-0.25, -0.2) is 0 Å². The highest BCUT2D eigenvalue weighted by Crippen LogP contribution is 2.23. The number of nitrogens with one attached hydrogen (secondary N) is 2. The maximum absolute atomic E-state index is 12.1. The number of aromatic nitrogens is 1. The largest absolute Gasteiger partial charge is 0.338 e. The summed E-state index contributed by atoms with van der Waals surface area (Å²) in [4.78, 5) is 12.1. The first-order valence-corrected chi connectivity index (χ1v) is 6.86. The SMILES string of the molecule is C/C=C\C=C(/C)c1cnoc1NC(=O)C(CCC)NC. The smallest absolute Gasteiger partial charge is 0.243 e. The average molecular weight is 277 g/mol. The second-order valence-corrected chi connectivity index (χ2v) is 4.56. The van der Waals surface area contributed by atoms with Crippen LogP contribution < -0.4 is 10.6 Å². The van der Waals surface area contributed by atoms with Crippen LogP contribution in [-0.2, 0) is 4.79 Å². The van der Waals surface area contributed by atoms with Crippen LogP contribution in [0.2, 0.25) is 0 Å². The number of nitrogens with zero attached hydrogens (tertiary/aromatic N) is 1. The molecular formula is C15H23N3O2. The molecule has 0 radical (unpaired) electrons. The van der Waals surface area contributed by atoms with Crippen LogP contribution in [-0.4, -0.2) is 24.2 Å². The Bertz CT molecular complexity index is 489. The number of allylic oxidation sites excluding steroid dienone is 4. The molecule has 0 saturated heterocycles. The summed E-state index contributed by atoms with van der Waals surface area (Å²) in [6, 6.07) is -0.224. The van der Waals surface area contributed by atoms with Gasteiger partial charge in [0.2, 0.25) is 11.8 Å². The maximum Gasteiger partial charge on any atom is 0.243 e. The van der Waals surface area contributed by atoms with Crippen LogP contribution in [0, 0.1) is 0 Å². The lowest BCUT2D eigenvalue weighted by Gasteiger charge is -2.14. The number of carbonyl (C=O) groups excluding carboxylic acids is 1. The van der Waals surface area contributed by atoms with Crippen LogP contribution in [0.4, 0.5) is 5.88 Å². The molecule has 1 aromatic rings. The minimum atomic E-state index is -0.224. The summed E-state index contributed by atoms with van der Waals surface area (Å²) in [6.45, 7) is 5.94. The molecule has 0 aliphatic rings. The quantitative estimate of drug-likeness (QED) is 0.752. The first-order valence-electron chi connectivity index (χ1n) is 6.86. The fourth-order valence-corrected chi connectivity index (χ4v) is 1.84. The highest BCUT2D eigenvalue weighted by Gasteiger charge is 2.19. The van der Waals surface area contributed by atoms with E-state index in [2.05, 4.69) is 15.8 Å². The van der Waals surface area contributed by atoms with E-state index in [0.717, 1.165) is 24.0 Å². The molecule has 0 aromatic carbocycles. The Morgan fingerprint density at radius 3 is 2.90 bits per heavy atom. The van der Waals surface area contributed by atoms with Gasteiger partial charge in [-0.2, -0.15) is 0 Å². The number of hydrogen-bond acceptors (Lipinski definition) is 4. The van der Waals surface area contributed by atoms with Crippen molar-refractivity contribution < 1.29 is 9.32 Å². The third kappa shape index (κ3) is 4.35. The molecule has 1 heterocycles. The lowest BCUT2D eigenvalue weighted by atomic mass is 10.1. The van der Waals surface area contributed by atoms with Crippen molar-refractivity contribution in [2.45, 2.75) is 39.7 Å². The fourth-order valence-electron chi connectivity index (χ4n) is 1.84. The van der Waals surface area contributed by atoms with Crippen molar-refractivity contribution in [2.24, 2.45) is 0 Å². The lowest BCUT2D eigenvalue weighted by Crippen LogP contribution is -2.38. The predicted octanol–water partition coefficient (Wildman–Crippen LogP) is 2.98. The van der Waals surface area contributed by atoms with Crippen molar-refractivity contribution in [3.05, 3.63) is 30.0 Å². The van der Waals surface area contributed by atoms with Gasteiger partial charge in [0, 0.05) is 0 Å². The van der Waals surface area contributed by atoms with E-state index in [4.69, 9.17) is 4.52 Å². The van der Waals surface area contributed by atoms with Crippen LogP contribution in [0.5, 0.6) is 0 Å². The van der Waals surface area contributed by atoms with Crippen molar-refractivity contribution in [1.29, 1.82) is 0 Å². The molecule has 1 aromatic heterocycles. The summed E-state index contributed by atoms with van der Waals surface area (Å²) >= 11 is 0. The Morgan fingerprint density at radius 1 is 1.55 bits per heavy atom. The number of rotatable bonds is 7. The number of carbonyl (C=O) groups is 1. The zero-order chi connectivity index (χ0) is 15.0. The summed E-state index contributed by atoms with van der Waals surface area (Å²) < 4.78 is 5.13. The number of anilines is 1. The molecule has 0 aliphatic heterocycles. The molecule has 1 unspecified atom stereocenters. The van der Waals surface area contributed by atoms with E-state index in [9.17, 15) is 4.79 Å². The van der Waals surface area contributed by atoms with Crippen LogP contribution >= 0.6 is 0 Å². The van der Waals surface area contributed by atoms with Gasteiger partial charge in [0.15, 0.2) is 0 Å². The van der Waals surface area contributed by atoms with E-state index in [-0.39, 0.29) is 11.9 Å². The summed E-state index contributed by atoms with van der Waals surface area (Å²) in [5, 5.41) is 9.55. The average Bonchev–Trinajstić information content (AvgIpc) is 2.90. The number of hydrogen-bond donors (Lipinski definition) is 2. The molecular weight excluding hydrogens is 254 g/mol. The van der Waals surface area contributed by atoms with Crippen molar-refractivity contribution in [3.63, 3.8) is 0 Å². The first kappa shape index (κ1) is 16.2. The van der Waals surface area contributed by atoms with Gasteiger partial charge in [0.25, 0.3) is 0 Å². The van der Waals surface area contributed by atoms with Crippen LogP contribution in [0.1, 0.15) is 39.2 Å². The zero-order valence-corrected chi connectivity index (χ0v) is 12.6. The van der Waals surface area contributed by atoms with E-state index >= 15 is 0 Å². The molecule has 2 N–H and O–H groups in total. The molecule has 0 bridgehead atoms. The molecule has 0 fully saturated rings. The second-order valence-electron chi connectivity index (χ2n) is 4.56. The standard InChI is InChI=1S/C15H23N3O2/c1-5-7-9-11(3)12-10-17-20-15(12)18-14(19)13(16-4)8-6-2/h5,7,9-10,13,16H,6,8H2,1-4H3,(H,18,19)/b7-5-,11-9+. The fraction of sp³-hybridized carbons (Fsp3) is 0.467. The van der Waals surface area contributed by atoms with Crippen LogP contribution in [0.3, 0.4) is 0 Å². The van der Waals surface area contributed by atoms with E-state index in [0.29, 0.717) is 5.88 Å². The maximum atomic E-state index is 12.1. The van der Waals surface area contributed by atoms with Crippen molar-refractivity contribution in [2.75, 3.05) is 12.4 Å². The van der Waals surface area contributed by atoms with Crippen molar-refractivity contribution in [1.82, 2.24) is 10.5 Å². The molecule has 0 saturated carbocycles. The van der Waals surface area contributed by atoms with Crippen molar-refractivity contribution >= 4 is 17.4 Å². The molecule has 0 aliphatic carbocycles. The van der Waals surface area contributed by atoms with E-state index < -0.39 is 0 Å². The van der Waals surface area contributed by atoms with Gasteiger partial charge >= 0.3 is 0 Å². The molecule has 110 valence electrons. The summed E-state index contributed by atoms with van der Waals surface area (Å²) in [7, 11) is 1.78. The van der Waals surface area contributed by atoms with E-state index in [1.807, 2.05) is 39.0 Å². The lowest BCUT2D eigenvalue weighted by molar-refractivity contribution is -0.118. The van der Waals surface area contributed by atoms with E-state index in [1.54, 1.807) is 13.2 Å². The Kier molecular flexibility index (Phi) is 6.73. The molecule has 1 atom stereocenters. The summed E-state index contributed by atoms with van der Waals surface area (Å²) in [5.74, 6) is 0.288. The molecule has 0 spiro atoms. The molecule has 1 amide bonds. The predicted molar refractivity (Wildman–Crippen MR) is 81.4 cm³/mol. The molecule has 1 rings (SSSR count). The summed E-state index contributed by atoms with van der Waals surface area (Å²) in [5.41, 5.74) is 1.78. The van der Waals surface area contributed by atoms with Gasteiger partial charge in [0.1, 0.15) is 0 Å². The molecule has 5 nitrogen and oxygen atoms in total. The Balaban J connectivity index is 2.84. The molecule has 20 heavy (non-hydrogen) atoms. The minimum Gasteiger partial charge on any atom is -0.338 e. The van der Waals surface area contributed by atoms with E-state index in [1.165, 1.54) is 0 Å². The Labute approximate surface area is 120 Å².